The van der Waals surface area contributed by atoms with Gasteiger partial charge in [0.2, 0.25) is 5.91 Å². The van der Waals surface area contributed by atoms with Crippen molar-refractivity contribution in [1.82, 2.24) is 26.4 Å². The molecule has 0 aromatic heterocycles. The van der Waals surface area contributed by atoms with Crippen molar-refractivity contribution in [2.75, 3.05) is 13.1 Å². The van der Waals surface area contributed by atoms with Gasteiger partial charge in [0.05, 0.1) is 0 Å². The molecule has 53 heavy (non-hydrogen) atoms. The summed E-state index contributed by atoms with van der Waals surface area (Å²) in [6, 6.07) is -0.395. The largest absolute Gasteiger partial charge is 0.339 e. The average Bonchev–Trinajstić information content (AvgIpc) is 3.29. The minimum absolute atomic E-state index is 0.0320. The second-order valence-corrected chi connectivity index (χ2v) is 18.4. The molecule has 1 aliphatic carbocycles. The van der Waals surface area contributed by atoms with Crippen LogP contribution in [0.5, 0.6) is 0 Å². The first kappa shape index (κ1) is 45.5. The van der Waals surface area contributed by atoms with Crippen molar-refractivity contribution < 1.29 is 19.1 Å². The van der Waals surface area contributed by atoms with E-state index in [2.05, 4.69) is 56.1 Å². The smallest absolute Gasteiger partial charge is 0.333 e. The Hall–Kier alpha value is -1.87. The highest BCUT2D eigenvalue weighted by Crippen LogP contribution is 2.50. The van der Waals surface area contributed by atoms with Crippen molar-refractivity contribution in [3.63, 3.8) is 0 Å². The lowest BCUT2D eigenvalue weighted by atomic mass is 9.72. The van der Waals surface area contributed by atoms with Crippen LogP contribution in [0.4, 0.5) is 4.79 Å². The van der Waals surface area contributed by atoms with Gasteiger partial charge in [-0.2, -0.15) is 0 Å². The number of hydrogen-bond acceptors (Lipinski definition) is 5. The summed E-state index contributed by atoms with van der Waals surface area (Å²) in [7, 11) is 0. The summed E-state index contributed by atoms with van der Waals surface area (Å²) in [4.78, 5) is 42.0. The molecule has 2 spiro atoms. The molecule has 9 nitrogen and oxygen atoms in total. The Labute approximate surface area is 325 Å². The zero-order valence-electron chi connectivity index (χ0n) is 35.2. The van der Waals surface area contributed by atoms with E-state index in [9.17, 15) is 14.4 Å². The Kier molecular flexibility index (Phi) is 20.5. The van der Waals surface area contributed by atoms with Crippen molar-refractivity contribution in [1.29, 1.82) is 0 Å². The third kappa shape index (κ3) is 16.8. The maximum atomic E-state index is 14.6. The zero-order chi connectivity index (χ0) is 38.5. The van der Waals surface area contributed by atoms with Crippen LogP contribution in [0, 0.1) is 0 Å². The topological polar surface area (TPSA) is 112 Å². The number of hydrogen-bond donors (Lipinski definition) is 4. The quantitative estimate of drug-likeness (QED) is 0.0732. The Morgan fingerprint density at radius 1 is 0.642 bits per heavy atom. The summed E-state index contributed by atoms with van der Waals surface area (Å²) < 4.78 is 7.20. The fourth-order valence-corrected chi connectivity index (χ4v) is 9.78. The van der Waals surface area contributed by atoms with Gasteiger partial charge < -0.3 is 20.3 Å². The van der Waals surface area contributed by atoms with E-state index in [4.69, 9.17) is 4.74 Å². The third-order valence-electron chi connectivity index (χ3n) is 12.0. The summed E-state index contributed by atoms with van der Waals surface area (Å²) in [5.41, 5.74) is 2.98. The number of hydrazine groups is 1. The van der Waals surface area contributed by atoms with Gasteiger partial charge in [-0.15, -0.1) is 0 Å². The molecule has 1 saturated carbocycles. The molecule has 0 atom stereocenters. The van der Waals surface area contributed by atoms with Gasteiger partial charge in [0.15, 0.2) is 5.60 Å². The van der Waals surface area contributed by atoms with Gasteiger partial charge in [-0.05, 0) is 59.8 Å². The molecule has 3 rings (SSSR count). The van der Waals surface area contributed by atoms with E-state index in [0.717, 1.165) is 51.4 Å². The van der Waals surface area contributed by atoms with E-state index >= 15 is 0 Å². The highest BCUT2D eigenvalue weighted by molar-refractivity contribution is 5.89. The molecule has 2 saturated heterocycles. The number of amides is 4. The number of ether oxygens (including phenoxy) is 1. The van der Waals surface area contributed by atoms with Crippen LogP contribution < -0.4 is 21.5 Å². The Balaban J connectivity index is 1.36. The number of nitrogens with one attached hydrogen (secondary N) is 4. The number of urea groups is 1. The minimum Gasteiger partial charge on any atom is -0.339 e. The lowest BCUT2D eigenvalue weighted by Gasteiger charge is -2.50. The van der Waals surface area contributed by atoms with Gasteiger partial charge in [0, 0.05) is 43.4 Å². The van der Waals surface area contributed by atoms with Crippen LogP contribution in [0.15, 0.2) is 0 Å². The summed E-state index contributed by atoms with van der Waals surface area (Å²) in [5, 5.41) is 6.60. The van der Waals surface area contributed by atoms with Gasteiger partial charge >= 0.3 is 6.03 Å². The Morgan fingerprint density at radius 3 is 1.55 bits per heavy atom. The molecule has 0 bridgehead atoms. The van der Waals surface area contributed by atoms with Crippen molar-refractivity contribution in [3.05, 3.63) is 0 Å². The van der Waals surface area contributed by atoms with Gasteiger partial charge in [-0.1, -0.05) is 148 Å². The molecule has 9 heteroatoms. The highest BCUT2D eigenvalue weighted by atomic mass is 16.6. The van der Waals surface area contributed by atoms with Crippen LogP contribution in [0.25, 0.3) is 0 Å². The predicted molar refractivity (Wildman–Crippen MR) is 218 cm³/mol. The number of carbonyl (C=O) groups excluding carboxylic acids is 3. The summed E-state index contributed by atoms with van der Waals surface area (Å²) in [5.74, 6) is -0.268. The molecular formula is C44H83N5O4. The lowest BCUT2D eigenvalue weighted by Crippen LogP contribution is -2.65. The van der Waals surface area contributed by atoms with Crippen LogP contribution in [0.2, 0.25) is 0 Å². The molecule has 3 fully saturated rings. The lowest BCUT2D eigenvalue weighted by molar-refractivity contribution is -0.176. The first-order valence-electron chi connectivity index (χ1n) is 22.6. The van der Waals surface area contributed by atoms with Gasteiger partial charge in [-0.3, -0.25) is 15.0 Å². The molecule has 4 amide bonds. The normalized spacial score (nSPS) is 21.2. The van der Waals surface area contributed by atoms with Crippen molar-refractivity contribution in [2.45, 2.75) is 250 Å². The molecule has 308 valence electrons. The third-order valence-corrected chi connectivity index (χ3v) is 12.0. The van der Waals surface area contributed by atoms with E-state index in [0.29, 0.717) is 19.4 Å². The number of carbonyl (C=O) groups is 3. The maximum absolute atomic E-state index is 14.6. The van der Waals surface area contributed by atoms with E-state index < -0.39 is 17.4 Å². The second-order valence-electron chi connectivity index (χ2n) is 18.4. The number of piperidine rings is 1. The monoisotopic (exact) mass is 746 g/mol. The van der Waals surface area contributed by atoms with Crippen molar-refractivity contribution in [2.24, 2.45) is 0 Å². The number of nitrogens with zero attached hydrogens (tertiary/aromatic N) is 1. The fraction of sp³-hybridized carbons (Fsp3) is 0.932. The molecule has 0 unspecified atom stereocenters. The van der Waals surface area contributed by atoms with E-state index in [-0.39, 0.29) is 35.9 Å². The highest BCUT2D eigenvalue weighted by Gasteiger charge is 2.64. The standard InChI is InChI=1S/C44H83N5O4/c1-6-7-8-9-10-11-12-13-14-15-16-17-21-24-27-30-34-45-40(52)47-46-38(50)31-35-49-39(51)43(36-41(2,3)48-42(4,5)37-43)53-44(49)32-28-25-22-19-18-20-23-26-29-33-44/h48H,6-37H2,1-5H3,(H,46,50)(H2,45,47,52). The van der Waals surface area contributed by atoms with Crippen molar-refractivity contribution >= 4 is 17.8 Å². The summed E-state index contributed by atoms with van der Waals surface area (Å²) >= 11 is 0. The fourth-order valence-electron chi connectivity index (χ4n) is 9.78. The van der Waals surface area contributed by atoms with Crippen LogP contribution in [0.3, 0.4) is 0 Å². The van der Waals surface area contributed by atoms with Gasteiger partial charge in [0.1, 0.15) is 5.72 Å². The second kappa shape index (κ2) is 23.9. The van der Waals surface area contributed by atoms with Gasteiger partial charge in [0.25, 0.3) is 5.91 Å². The van der Waals surface area contributed by atoms with Crippen LogP contribution in [0.1, 0.15) is 227 Å². The van der Waals surface area contributed by atoms with Gasteiger partial charge in [-0.25, -0.2) is 10.2 Å². The number of rotatable bonds is 20. The zero-order valence-corrected chi connectivity index (χ0v) is 35.2. The predicted octanol–water partition coefficient (Wildman–Crippen LogP) is 10.5. The first-order chi connectivity index (χ1) is 25.4. The SMILES string of the molecule is CCCCCCCCCCCCCCCCCCNC(=O)NNC(=O)CCN1C(=O)C2(CC(C)(C)NC(C)(C)C2)OC12CCCCCCCCCCC2. The molecule has 2 heterocycles. The van der Waals surface area contributed by atoms with Crippen LogP contribution in [-0.2, 0) is 14.3 Å². The molecule has 0 aromatic rings. The molecule has 0 aromatic carbocycles. The van der Waals surface area contributed by atoms with E-state index in [1.54, 1.807) is 0 Å². The van der Waals surface area contributed by atoms with Crippen LogP contribution >= 0.6 is 0 Å². The molecule has 3 aliphatic rings. The minimum atomic E-state index is -0.906. The van der Waals surface area contributed by atoms with Crippen molar-refractivity contribution in [3.8, 4) is 0 Å². The number of unbranched alkanes of at least 4 members (excludes halogenated alkanes) is 15. The molecule has 2 aliphatic heterocycles. The average molecular weight is 746 g/mol. The van der Waals surface area contributed by atoms with E-state index in [1.807, 2.05) is 4.90 Å². The molecule has 4 N–H and O–H groups in total. The molecule has 0 radical (unpaired) electrons. The summed E-state index contributed by atoms with van der Waals surface area (Å²) in [6.45, 7) is 11.8. The first-order valence-corrected chi connectivity index (χ1v) is 22.6. The molecular weight excluding hydrogens is 663 g/mol. The Morgan fingerprint density at radius 2 is 1.08 bits per heavy atom. The van der Waals surface area contributed by atoms with E-state index in [1.165, 1.54) is 122 Å². The maximum Gasteiger partial charge on any atom is 0.333 e. The summed E-state index contributed by atoms with van der Waals surface area (Å²) in [6.07, 6.45) is 34.6. The van der Waals surface area contributed by atoms with Crippen LogP contribution in [-0.4, -0.2) is 58.2 Å². The Bertz CT molecular complexity index is 1030.